The van der Waals surface area contributed by atoms with E-state index in [4.69, 9.17) is 10.5 Å². The highest BCUT2D eigenvalue weighted by atomic mass is 16.5. The van der Waals surface area contributed by atoms with Crippen LogP contribution in [0.1, 0.15) is 34.5 Å². The summed E-state index contributed by atoms with van der Waals surface area (Å²) in [5.41, 5.74) is 9.06. The first-order valence-electron chi connectivity index (χ1n) is 6.83. The molecule has 0 aromatic heterocycles. The molecule has 0 saturated heterocycles. The number of nitrogens with two attached hydrogens (primary N) is 1. The van der Waals surface area contributed by atoms with Gasteiger partial charge in [0, 0.05) is 5.56 Å². The summed E-state index contributed by atoms with van der Waals surface area (Å²) in [5.74, 6) is 0.357. The fourth-order valence-electron chi connectivity index (χ4n) is 2.28. The number of carbonyl (C=O) groups excluding carboxylic acids is 1. The van der Waals surface area contributed by atoms with Gasteiger partial charge in [0.2, 0.25) is 0 Å². The molecule has 3 N–H and O–H groups in total. The predicted molar refractivity (Wildman–Crippen MR) is 84.5 cm³/mol. The molecule has 4 heteroatoms. The number of benzene rings is 2. The van der Waals surface area contributed by atoms with Crippen LogP contribution >= 0.6 is 0 Å². The van der Waals surface area contributed by atoms with Crippen LogP contribution in [-0.4, -0.2) is 13.0 Å². The number of methoxy groups -OCH3 is 1. The monoisotopic (exact) mass is 284 g/mol. The standard InChI is InChI=1S/C17H20N2O2/c1-11-6-4-5-7-14(11)12(2)19-17(20)13-8-9-15(18)16(10-13)21-3/h4-10,12H,18H2,1-3H3,(H,19,20). The van der Waals surface area contributed by atoms with Gasteiger partial charge in [-0.15, -0.1) is 0 Å². The normalized spacial score (nSPS) is 11.8. The number of nitrogens with one attached hydrogen (secondary N) is 1. The predicted octanol–water partition coefficient (Wildman–Crippen LogP) is 3.08. The van der Waals surface area contributed by atoms with Crippen LogP contribution in [0, 0.1) is 6.92 Å². The van der Waals surface area contributed by atoms with Gasteiger partial charge in [0.1, 0.15) is 5.75 Å². The molecule has 2 rings (SSSR count). The number of nitrogen functional groups attached to an aromatic ring is 1. The fraction of sp³-hybridized carbons (Fsp3) is 0.235. The lowest BCUT2D eigenvalue weighted by atomic mass is 10.0. The topological polar surface area (TPSA) is 64.3 Å². The molecule has 1 atom stereocenters. The highest BCUT2D eigenvalue weighted by Gasteiger charge is 2.14. The van der Waals surface area contributed by atoms with Crippen molar-refractivity contribution in [3.8, 4) is 5.75 Å². The zero-order valence-electron chi connectivity index (χ0n) is 12.5. The summed E-state index contributed by atoms with van der Waals surface area (Å²) < 4.78 is 5.14. The van der Waals surface area contributed by atoms with Gasteiger partial charge in [0.15, 0.2) is 0 Å². The van der Waals surface area contributed by atoms with E-state index in [0.717, 1.165) is 11.1 Å². The first kappa shape index (κ1) is 14.9. The number of hydrogen-bond acceptors (Lipinski definition) is 3. The quantitative estimate of drug-likeness (QED) is 0.848. The molecule has 0 radical (unpaired) electrons. The minimum absolute atomic E-state index is 0.0674. The van der Waals surface area contributed by atoms with Crippen LogP contribution in [0.5, 0.6) is 5.75 Å². The summed E-state index contributed by atoms with van der Waals surface area (Å²) in [7, 11) is 1.53. The molecule has 0 saturated carbocycles. The van der Waals surface area contributed by atoms with Gasteiger partial charge in [-0.25, -0.2) is 0 Å². The van der Waals surface area contributed by atoms with Crippen LogP contribution in [-0.2, 0) is 0 Å². The Morgan fingerprint density at radius 1 is 1.24 bits per heavy atom. The molecule has 0 bridgehead atoms. The summed E-state index contributed by atoms with van der Waals surface area (Å²) in [6.07, 6.45) is 0. The molecule has 4 nitrogen and oxygen atoms in total. The summed E-state index contributed by atoms with van der Waals surface area (Å²) >= 11 is 0. The lowest BCUT2D eigenvalue weighted by Gasteiger charge is -2.17. The molecule has 1 unspecified atom stereocenters. The molecule has 21 heavy (non-hydrogen) atoms. The summed E-state index contributed by atoms with van der Waals surface area (Å²) in [6.45, 7) is 4.00. The second-order valence-corrected chi connectivity index (χ2v) is 5.01. The molecule has 0 aliphatic heterocycles. The molecule has 2 aromatic carbocycles. The highest BCUT2D eigenvalue weighted by Crippen LogP contribution is 2.23. The maximum absolute atomic E-state index is 12.3. The SMILES string of the molecule is COc1cc(C(=O)NC(C)c2ccccc2C)ccc1N. The first-order chi connectivity index (χ1) is 10.0. The second kappa shape index (κ2) is 6.31. The third kappa shape index (κ3) is 3.34. The molecule has 0 spiro atoms. The fourth-order valence-corrected chi connectivity index (χ4v) is 2.28. The van der Waals surface area contributed by atoms with Crippen molar-refractivity contribution in [2.24, 2.45) is 0 Å². The van der Waals surface area contributed by atoms with Gasteiger partial charge >= 0.3 is 0 Å². The molecule has 2 aromatic rings. The lowest BCUT2D eigenvalue weighted by Crippen LogP contribution is -2.27. The maximum atomic E-state index is 12.3. The van der Waals surface area contributed by atoms with Crippen molar-refractivity contribution in [3.05, 3.63) is 59.2 Å². The zero-order chi connectivity index (χ0) is 15.4. The van der Waals surface area contributed by atoms with Crippen LogP contribution in [0.15, 0.2) is 42.5 Å². The number of anilines is 1. The average molecular weight is 284 g/mol. The van der Waals surface area contributed by atoms with E-state index >= 15 is 0 Å². The Bertz CT molecular complexity index is 653. The van der Waals surface area contributed by atoms with Crippen LogP contribution in [0.4, 0.5) is 5.69 Å². The minimum atomic E-state index is -0.149. The van der Waals surface area contributed by atoms with Crippen molar-refractivity contribution in [3.63, 3.8) is 0 Å². The molecule has 0 heterocycles. The largest absolute Gasteiger partial charge is 0.495 e. The van der Waals surface area contributed by atoms with Gasteiger partial charge in [-0.1, -0.05) is 24.3 Å². The Balaban J connectivity index is 2.16. The summed E-state index contributed by atoms with van der Waals surface area (Å²) in [4.78, 5) is 12.3. The molecule has 1 amide bonds. The van der Waals surface area contributed by atoms with Crippen molar-refractivity contribution >= 4 is 11.6 Å². The van der Waals surface area contributed by atoms with E-state index in [-0.39, 0.29) is 11.9 Å². The average Bonchev–Trinajstić information content (AvgIpc) is 2.48. The smallest absolute Gasteiger partial charge is 0.251 e. The van der Waals surface area contributed by atoms with Crippen LogP contribution in [0.25, 0.3) is 0 Å². The lowest BCUT2D eigenvalue weighted by molar-refractivity contribution is 0.0939. The van der Waals surface area contributed by atoms with Gasteiger partial charge < -0.3 is 15.8 Å². The van der Waals surface area contributed by atoms with Crippen molar-refractivity contribution in [2.75, 3.05) is 12.8 Å². The Morgan fingerprint density at radius 2 is 1.95 bits per heavy atom. The Hall–Kier alpha value is -2.49. The highest BCUT2D eigenvalue weighted by molar-refractivity contribution is 5.95. The van der Waals surface area contributed by atoms with Gasteiger partial charge in [-0.3, -0.25) is 4.79 Å². The Labute approximate surface area is 124 Å². The van der Waals surface area contributed by atoms with Crippen molar-refractivity contribution in [1.29, 1.82) is 0 Å². The van der Waals surface area contributed by atoms with E-state index in [0.29, 0.717) is 17.0 Å². The van der Waals surface area contributed by atoms with Crippen molar-refractivity contribution < 1.29 is 9.53 Å². The van der Waals surface area contributed by atoms with Gasteiger partial charge in [0.25, 0.3) is 5.91 Å². The number of ether oxygens (including phenoxy) is 1. The van der Waals surface area contributed by atoms with Gasteiger partial charge in [0.05, 0.1) is 18.8 Å². The first-order valence-corrected chi connectivity index (χ1v) is 6.83. The van der Waals surface area contributed by atoms with Crippen LogP contribution in [0.2, 0.25) is 0 Å². The number of amides is 1. The molecular weight excluding hydrogens is 264 g/mol. The number of aryl methyl sites for hydroxylation is 1. The summed E-state index contributed by atoms with van der Waals surface area (Å²) in [6, 6.07) is 12.9. The molecule has 0 fully saturated rings. The molecule has 0 aliphatic rings. The van der Waals surface area contributed by atoms with E-state index in [1.807, 2.05) is 38.1 Å². The zero-order valence-corrected chi connectivity index (χ0v) is 12.5. The second-order valence-electron chi connectivity index (χ2n) is 5.01. The Morgan fingerprint density at radius 3 is 2.62 bits per heavy atom. The maximum Gasteiger partial charge on any atom is 0.251 e. The molecule has 110 valence electrons. The third-order valence-corrected chi connectivity index (χ3v) is 3.50. The number of rotatable bonds is 4. The van der Waals surface area contributed by atoms with E-state index in [9.17, 15) is 4.79 Å². The summed E-state index contributed by atoms with van der Waals surface area (Å²) in [5, 5.41) is 2.99. The Kier molecular flexibility index (Phi) is 4.48. The van der Waals surface area contributed by atoms with Crippen LogP contribution < -0.4 is 15.8 Å². The molecule has 0 aliphatic carbocycles. The van der Waals surface area contributed by atoms with Crippen molar-refractivity contribution in [2.45, 2.75) is 19.9 Å². The van der Waals surface area contributed by atoms with Gasteiger partial charge in [-0.05, 0) is 43.2 Å². The van der Waals surface area contributed by atoms with E-state index < -0.39 is 0 Å². The van der Waals surface area contributed by atoms with Crippen molar-refractivity contribution in [1.82, 2.24) is 5.32 Å². The minimum Gasteiger partial charge on any atom is -0.495 e. The van der Waals surface area contributed by atoms with E-state index in [1.165, 1.54) is 7.11 Å². The third-order valence-electron chi connectivity index (χ3n) is 3.50. The van der Waals surface area contributed by atoms with Gasteiger partial charge in [-0.2, -0.15) is 0 Å². The van der Waals surface area contributed by atoms with Crippen LogP contribution in [0.3, 0.4) is 0 Å². The number of hydrogen-bond donors (Lipinski definition) is 2. The molecular formula is C17H20N2O2. The van der Waals surface area contributed by atoms with E-state index in [1.54, 1.807) is 18.2 Å². The van der Waals surface area contributed by atoms with E-state index in [2.05, 4.69) is 5.32 Å². The number of carbonyl (C=O) groups is 1.